The van der Waals surface area contributed by atoms with E-state index in [2.05, 4.69) is 5.32 Å². The molecule has 1 unspecified atom stereocenters. The van der Waals surface area contributed by atoms with Gasteiger partial charge in [-0.15, -0.1) is 23.7 Å². The molecule has 156 valence electrons. The van der Waals surface area contributed by atoms with Crippen LogP contribution in [0.4, 0.5) is 0 Å². The van der Waals surface area contributed by atoms with E-state index < -0.39 is 0 Å². The lowest BCUT2D eigenvalue weighted by Gasteiger charge is -2.43. The number of likely N-dealkylation sites (tertiary alicyclic amines) is 1. The molecule has 2 amide bonds. The number of piperidine rings is 1. The number of nitrogens with two attached hydrogens (primary N) is 1. The van der Waals surface area contributed by atoms with Crippen molar-refractivity contribution in [3.05, 3.63) is 21.4 Å². The largest absolute Gasteiger partial charge is 0.376 e. The van der Waals surface area contributed by atoms with Gasteiger partial charge in [0.1, 0.15) is 5.60 Å². The number of fused-ring (bicyclic) bond motifs is 2. The van der Waals surface area contributed by atoms with Gasteiger partial charge in [-0.1, -0.05) is 0 Å². The van der Waals surface area contributed by atoms with E-state index in [0.717, 1.165) is 48.5 Å². The third-order valence-corrected chi connectivity index (χ3v) is 7.17. The molecule has 0 aliphatic carbocycles. The minimum absolute atomic E-state index is 0. The Balaban J connectivity index is 0.00000225. The van der Waals surface area contributed by atoms with E-state index in [4.69, 9.17) is 15.2 Å². The number of hydrogen-bond donors (Lipinski definition) is 2. The Kier molecular flexibility index (Phi) is 6.98. The summed E-state index contributed by atoms with van der Waals surface area (Å²) in [5, 5.41) is 3.01. The molecular weight excluding hydrogens is 402 g/mol. The van der Waals surface area contributed by atoms with E-state index >= 15 is 0 Å². The summed E-state index contributed by atoms with van der Waals surface area (Å²) in [6.07, 6.45) is 4.56. The number of halogens is 1. The van der Waals surface area contributed by atoms with Crippen LogP contribution in [0.5, 0.6) is 0 Å². The van der Waals surface area contributed by atoms with Crippen LogP contribution < -0.4 is 11.1 Å². The highest BCUT2D eigenvalue weighted by atomic mass is 35.5. The predicted molar refractivity (Wildman–Crippen MR) is 109 cm³/mol. The molecule has 1 aromatic heterocycles. The maximum Gasteiger partial charge on any atom is 0.261 e. The predicted octanol–water partition coefficient (Wildman–Crippen LogP) is 1.43. The molecule has 2 fully saturated rings. The van der Waals surface area contributed by atoms with Crippen LogP contribution in [0.1, 0.15) is 45.8 Å². The van der Waals surface area contributed by atoms with E-state index in [0.29, 0.717) is 26.2 Å². The molecule has 7 nitrogen and oxygen atoms in total. The average Bonchev–Trinajstić information content (AvgIpc) is 3.36. The van der Waals surface area contributed by atoms with Gasteiger partial charge in [-0.2, -0.15) is 0 Å². The second-order valence-electron chi connectivity index (χ2n) is 7.49. The van der Waals surface area contributed by atoms with Crippen molar-refractivity contribution in [1.29, 1.82) is 0 Å². The Hall–Kier alpha value is -1.19. The lowest BCUT2D eigenvalue weighted by Crippen LogP contribution is -2.49. The first kappa shape index (κ1) is 21.5. The van der Waals surface area contributed by atoms with Crippen molar-refractivity contribution in [3.63, 3.8) is 0 Å². The van der Waals surface area contributed by atoms with E-state index in [1.807, 2.05) is 11.0 Å². The number of rotatable bonds is 4. The molecule has 3 aliphatic rings. The number of nitrogens with zero attached hydrogens (tertiary/aromatic N) is 1. The van der Waals surface area contributed by atoms with E-state index in [-0.39, 0.29) is 42.5 Å². The highest BCUT2D eigenvalue weighted by Gasteiger charge is 2.43. The van der Waals surface area contributed by atoms with E-state index in [9.17, 15) is 9.59 Å². The molecule has 0 bridgehead atoms. The minimum Gasteiger partial charge on any atom is -0.376 e. The van der Waals surface area contributed by atoms with Gasteiger partial charge < -0.3 is 25.4 Å². The van der Waals surface area contributed by atoms with Crippen molar-refractivity contribution in [1.82, 2.24) is 10.2 Å². The summed E-state index contributed by atoms with van der Waals surface area (Å²) in [7, 11) is 0. The molecule has 1 spiro atoms. The summed E-state index contributed by atoms with van der Waals surface area (Å²) in [5.74, 6) is -0.0444. The number of carbonyl (C=O) groups is 2. The Morgan fingerprint density at radius 3 is 2.79 bits per heavy atom. The van der Waals surface area contributed by atoms with Gasteiger partial charge in [0.05, 0.1) is 24.1 Å². The zero-order chi connectivity index (χ0) is 18.9. The van der Waals surface area contributed by atoms with Gasteiger partial charge in [-0.05, 0) is 43.7 Å². The third kappa shape index (κ3) is 4.21. The number of hydrogen-bond acceptors (Lipinski definition) is 6. The first-order chi connectivity index (χ1) is 13.1. The number of nitrogens with one attached hydrogen (secondary N) is 1. The minimum atomic E-state index is -0.364. The number of amides is 2. The van der Waals surface area contributed by atoms with Gasteiger partial charge in [-0.25, -0.2) is 0 Å². The maximum atomic E-state index is 12.6. The maximum absolute atomic E-state index is 12.6. The Morgan fingerprint density at radius 2 is 2.11 bits per heavy atom. The number of carbonyl (C=O) groups excluding carboxylic acids is 2. The van der Waals surface area contributed by atoms with Crippen LogP contribution in [-0.2, 0) is 26.3 Å². The molecule has 0 radical (unpaired) electrons. The molecule has 3 N–H and O–H groups in total. The quantitative estimate of drug-likeness (QED) is 0.755. The van der Waals surface area contributed by atoms with Crippen LogP contribution in [0.2, 0.25) is 0 Å². The molecule has 1 atom stereocenters. The van der Waals surface area contributed by atoms with Crippen LogP contribution >= 0.6 is 23.7 Å². The molecule has 4 rings (SSSR count). The topological polar surface area (TPSA) is 93.9 Å². The van der Waals surface area contributed by atoms with Crippen molar-refractivity contribution in [2.45, 2.75) is 43.8 Å². The van der Waals surface area contributed by atoms with Gasteiger partial charge in [0, 0.05) is 31.1 Å². The molecule has 28 heavy (non-hydrogen) atoms. The summed E-state index contributed by atoms with van der Waals surface area (Å²) >= 11 is 1.54. The molecule has 1 aromatic rings. The Morgan fingerprint density at radius 1 is 1.32 bits per heavy atom. The zero-order valence-corrected chi connectivity index (χ0v) is 17.5. The number of thiophene rings is 1. The van der Waals surface area contributed by atoms with Gasteiger partial charge in [0.25, 0.3) is 5.91 Å². The van der Waals surface area contributed by atoms with Crippen LogP contribution in [0, 0.1) is 0 Å². The molecule has 3 aliphatic heterocycles. The first-order valence-electron chi connectivity index (χ1n) is 9.76. The third-order valence-electron chi connectivity index (χ3n) is 5.81. The normalized spacial score (nSPS) is 23.2. The summed E-state index contributed by atoms with van der Waals surface area (Å²) in [4.78, 5) is 28.2. The summed E-state index contributed by atoms with van der Waals surface area (Å²) < 4.78 is 11.8. The van der Waals surface area contributed by atoms with Gasteiger partial charge in [0.15, 0.2) is 0 Å². The van der Waals surface area contributed by atoms with Crippen molar-refractivity contribution in [2.75, 3.05) is 39.4 Å². The second-order valence-corrected chi connectivity index (χ2v) is 8.54. The second kappa shape index (κ2) is 9.09. The summed E-state index contributed by atoms with van der Waals surface area (Å²) in [6.45, 7) is 3.36. The van der Waals surface area contributed by atoms with Crippen LogP contribution in [0.25, 0.3) is 0 Å². The van der Waals surface area contributed by atoms with Crippen LogP contribution in [0.3, 0.4) is 0 Å². The monoisotopic (exact) mass is 429 g/mol. The lowest BCUT2D eigenvalue weighted by molar-refractivity contribution is -0.138. The molecular formula is C19H28ClN3O4S. The SMILES string of the molecule is Cl.NCC(=O)N1CCC2(CC1)OCCc1cc(C(=O)NCC3CCCO3)sc12. The van der Waals surface area contributed by atoms with Crippen LogP contribution in [-0.4, -0.2) is 62.2 Å². The lowest BCUT2D eigenvalue weighted by atomic mass is 9.85. The Bertz CT molecular complexity index is 712. The summed E-state index contributed by atoms with van der Waals surface area (Å²) in [6, 6.07) is 2.02. The van der Waals surface area contributed by atoms with Crippen LogP contribution in [0.15, 0.2) is 6.07 Å². The molecule has 9 heteroatoms. The Labute approximate surface area is 175 Å². The van der Waals surface area contributed by atoms with Gasteiger partial charge >= 0.3 is 0 Å². The highest BCUT2D eigenvalue weighted by molar-refractivity contribution is 7.14. The fourth-order valence-corrected chi connectivity index (χ4v) is 5.58. The smallest absolute Gasteiger partial charge is 0.261 e. The van der Waals surface area contributed by atoms with E-state index in [1.165, 1.54) is 5.56 Å². The van der Waals surface area contributed by atoms with Gasteiger partial charge in [-0.3, -0.25) is 9.59 Å². The molecule has 0 saturated carbocycles. The molecule has 4 heterocycles. The van der Waals surface area contributed by atoms with Crippen molar-refractivity contribution in [2.24, 2.45) is 5.73 Å². The number of ether oxygens (including phenoxy) is 2. The average molecular weight is 430 g/mol. The van der Waals surface area contributed by atoms with E-state index in [1.54, 1.807) is 11.3 Å². The molecule has 0 aromatic carbocycles. The van der Waals surface area contributed by atoms with Crippen molar-refractivity contribution < 1.29 is 19.1 Å². The molecule has 2 saturated heterocycles. The fourth-order valence-electron chi connectivity index (χ4n) is 4.25. The van der Waals surface area contributed by atoms with Crippen molar-refractivity contribution >= 4 is 35.6 Å². The van der Waals surface area contributed by atoms with Gasteiger partial charge in [0.2, 0.25) is 5.91 Å². The highest BCUT2D eigenvalue weighted by Crippen LogP contribution is 2.45. The standard InChI is InChI=1S/C19H27N3O4S.ClH/c20-11-16(23)22-6-4-19(5-7-22)17-13(3-9-26-19)10-15(27-17)18(24)21-12-14-2-1-8-25-14;/h10,14H,1-9,11-12,20H2,(H,21,24);1H. The van der Waals surface area contributed by atoms with Crippen molar-refractivity contribution in [3.8, 4) is 0 Å². The summed E-state index contributed by atoms with van der Waals surface area (Å²) in [5.41, 5.74) is 6.34. The first-order valence-corrected chi connectivity index (χ1v) is 10.6. The fraction of sp³-hybridized carbons (Fsp3) is 0.684. The zero-order valence-electron chi connectivity index (χ0n) is 15.9.